The van der Waals surface area contributed by atoms with E-state index in [9.17, 15) is 4.79 Å². The van der Waals surface area contributed by atoms with E-state index < -0.39 is 5.38 Å². The van der Waals surface area contributed by atoms with Crippen LogP contribution in [0.15, 0.2) is 0 Å². The molecule has 1 N–H and O–H groups in total. The number of alkyl halides is 1. The first kappa shape index (κ1) is 12.1. The van der Waals surface area contributed by atoms with Crippen molar-refractivity contribution in [3.63, 3.8) is 0 Å². The largest absolute Gasteiger partial charge is 0.373 e. The summed E-state index contributed by atoms with van der Waals surface area (Å²) in [7, 11) is 0. The Morgan fingerprint density at radius 3 is 2.69 bits per heavy atom. The standard InChI is InChI=1S/C11H18ClNO3/c1-7(12)11(14)13-8-2-3-9-10(6-8)16-5-4-15-9/h7-10H,2-6H2,1H3,(H,13,14). The summed E-state index contributed by atoms with van der Waals surface area (Å²) in [5, 5.41) is 2.47. The third kappa shape index (κ3) is 2.87. The fourth-order valence-corrected chi connectivity index (χ4v) is 2.38. The van der Waals surface area contributed by atoms with Crippen LogP contribution in [0.25, 0.3) is 0 Å². The molecule has 2 fully saturated rings. The normalized spacial score (nSPS) is 36.2. The Balaban J connectivity index is 1.83. The lowest BCUT2D eigenvalue weighted by Gasteiger charge is -2.39. The Labute approximate surface area is 101 Å². The number of hydrogen-bond donors (Lipinski definition) is 1. The van der Waals surface area contributed by atoms with Crippen molar-refractivity contribution < 1.29 is 14.3 Å². The van der Waals surface area contributed by atoms with Crippen molar-refractivity contribution in [3.8, 4) is 0 Å². The zero-order chi connectivity index (χ0) is 11.5. The van der Waals surface area contributed by atoms with Crippen molar-refractivity contribution in [1.82, 2.24) is 5.32 Å². The minimum absolute atomic E-state index is 0.0955. The molecule has 4 atom stereocenters. The van der Waals surface area contributed by atoms with E-state index in [4.69, 9.17) is 21.1 Å². The SMILES string of the molecule is CC(Cl)C(=O)NC1CCC2OCCOC2C1. The van der Waals surface area contributed by atoms with Crippen LogP contribution in [-0.4, -0.2) is 42.7 Å². The van der Waals surface area contributed by atoms with Crippen LogP contribution < -0.4 is 5.32 Å². The van der Waals surface area contributed by atoms with E-state index in [0.29, 0.717) is 13.2 Å². The zero-order valence-electron chi connectivity index (χ0n) is 9.45. The maximum Gasteiger partial charge on any atom is 0.237 e. The van der Waals surface area contributed by atoms with Gasteiger partial charge in [-0.2, -0.15) is 0 Å². The number of rotatable bonds is 2. The summed E-state index contributed by atoms with van der Waals surface area (Å²) in [5.74, 6) is -0.0955. The van der Waals surface area contributed by atoms with Gasteiger partial charge >= 0.3 is 0 Å². The van der Waals surface area contributed by atoms with Gasteiger partial charge < -0.3 is 14.8 Å². The van der Waals surface area contributed by atoms with Gasteiger partial charge in [-0.1, -0.05) is 0 Å². The van der Waals surface area contributed by atoms with Gasteiger partial charge in [-0.3, -0.25) is 4.79 Å². The van der Waals surface area contributed by atoms with Crippen molar-refractivity contribution in [2.24, 2.45) is 0 Å². The summed E-state index contributed by atoms with van der Waals surface area (Å²) in [6.07, 6.45) is 3.08. The first-order valence-corrected chi connectivity index (χ1v) is 6.28. The molecule has 92 valence electrons. The number of ether oxygens (including phenoxy) is 2. The second-order valence-corrected chi connectivity index (χ2v) is 5.11. The van der Waals surface area contributed by atoms with Gasteiger partial charge in [-0.15, -0.1) is 11.6 Å². The molecule has 2 rings (SSSR count). The number of nitrogens with one attached hydrogen (secondary N) is 1. The molecule has 1 amide bonds. The molecule has 1 heterocycles. The average Bonchev–Trinajstić information content (AvgIpc) is 2.28. The fraction of sp³-hybridized carbons (Fsp3) is 0.909. The predicted molar refractivity (Wildman–Crippen MR) is 60.6 cm³/mol. The fourth-order valence-electron chi connectivity index (χ4n) is 2.31. The first-order valence-electron chi connectivity index (χ1n) is 5.84. The molecule has 1 saturated heterocycles. The smallest absolute Gasteiger partial charge is 0.237 e. The zero-order valence-corrected chi connectivity index (χ0v) is 10.2. The van der Waals surface area contributed by atoms with Gasteiger partial charge in [0.2, 0.25) is 5.91 Å². The van der Waals surface area contributed by atoms with Crippen LogP contribution in [0.2, 0.25) is 0 Å². The Morgan fingerprint density at radius 1 is 1.31 bits per heavy atom. The second kappa shape index (κ2) is 5.34. The van der Waals surface area contributed by atoms with Crippen LogP contribution in [0, 0.1) is 0 Å². The van der Waals surface area contributed by atoms with Crippen LogP contribution in [-0.2, 0) is 14.3 Å². The van der Waals surface area contributed by atoms with Gasteiger partial charge in [0.05, 0.1) is 25.4 Å². The number of carbonyl (C=O) groups is 1. The number of fused-ring (bicyclic) bond motifs is 1. The average molecular weight is 248 g/mol. The maximum atomic E-state index is 11.5. The lowest BCUT2D eigenvalue weighted by molar-refractivity contribution is -0.158. The monoisotopic (exact) mass is 247 g/mol. The molecule has 4 nitrogen and oxygen atoms in total. The summed E-state index contributed by atoms with van der Waals surface area (Å²) in [5.41, 5.74) is 0. The number of halogens is 1. The van der Waals surface area contributed by atoms with E-state index in [1.54, 1.807) is 6.92 Å². The summed E-state index contributed by atoms with van der Waals surface area (Å²) >= 11 is 5.72. The molecule has 1 saturated carbocycles. The maximum absolute atomic E-state index is 11.5. The number of hydrogen-bond acceptors (Lipinski definition) is 3. The minimum atomic E-state index is -0.471. The second-order valence-electron chi connectivity index (χ2n) is 4.45. The molecule has 0 aromatic rings. The highest BCUT2D eigenvalue weighted by Gasteiger charge is 2.34. The highest BCUT2D eigenvalue weighted by molar-refractivity contribution is 6.30. The molecule has 16 heavy (non-hydrogen) atoms. The molecule has 0 spiro atoms. The van der Waals surface area contributed by atoms with Gasteiger partial charge in [0, 0.05) is 6.04 Å². The van der Waals surface area contributed by atoms with Crippen LogP contribution in [0.5, 0.6) is 0 Å². The number of carbonyl (C=O) groups excluding carboxylic acids is 1. The quantitative estimate of drug-likeness (QED) is 0.743. The number of amides is 1. The lowest BCUT2D eigenvalue weighted by Crippen LogP contribution is -2.50. The topological polar surface area (TPSA) is 47.6 Å². The first-order chi connectivity index (χ1) is 7.66. The summed E-state index contributed by atoms with van der Waals surface area (Å²) in [6, 6.07) is 0.177. The highest BCUT2D eigenvalue weighted by Crippen LogP contribution is 2.26. The Bertz CT molecular complexity index is 260. The molecule has 1 aliphatic heterocycles. The van der Waals surface area contributed by atoms with Gasteiger partial charge in [0.15, 0.2) is 0 Å². The van der Waals surface area contributed by atoms with E-state index in [-0.39, 0.29) is 24.2 Å². The third-order valence-corrected chi connectivity index (χ3v) is 3.38. The highest BCUT2D eigenvalue weighted by atomic mass is 35.5. The van der Waals surface area contributed by atoms with E-state index in [1.165, 1.54) is 0 Å². The van der Waals surface area contributed by atoms with Crippen LogP contribution in [0.4, 0.5) is 0 Å². The molecule has 1 aliphatic carbocycles. The molecule has 0 aromatic heterocycles. The Hall–Kier alpha value is -0.320. The van der Waals surface area contributed by atoms with E-state index in [1.807, 2.05) is 0 Å². The molecule has 0 bridgehead atoms. The third-order valence-electron chi connectivity index (χ3n) is 3.19. The summed E-state index contributed by atoms with van der Waals surface area (Å²) in [6.45, 7) is 3.04. The summed E-state index contributed by atoms with van der Waals surface area (Å²) in [4.78, 5) is 11.5. The van der Waals surface area contributed by atoms with Gasteiger partial charge in [-0.25, -0.2) is 0 Å². The van der Waals surface area contributed by atoms with Gasteiger partial charge in [0.1, 0.15) is 5.38 Å². The Morgan fingerprint density at radius 2 is 2.00 bits per heavy atom. The molecule has 4 unspecified atom stereocenters. The molecule has 2 aliphatic rings. The molecule has 5 heteroatoms. The molecular weight excluding hydrogens is 230 g/mol. The lowest BCUT2D eigenvalue weighted by atomic mass is 9.89. The van der Waals surface area contributed by atoms with Crippen LogP contribution >= 0.6 is 11.6 Å². The predicted octanol–water partition coefficient (Wildman–Crippen LogP) is 1.07. The molecule has 0 radical (unpaired) electrons. The van der Waals surface area contributed by atoms with Crippen molar-refractivity contribution in [2.75, 3.05) is 13.2 Å². The summed E-state index contributed by atoms with van der Waals surface area (Å²) < 4.78 is 11.3. The van der Waals surface area contributed by atoms with Crippen molar-refractivity contribution in [3.05, 3.63) is 0 Å². The molecule has 0 aromatic carbocycles. The van der Waals surface area contributed by atoms with E-state index in [0.717, 1.165) is 19.3 Å². The van der Waals surface area contributed by atoms with E-state index in [2.05, 4.69) is 5.32 Å². The Kier molecular flexibility index (Phi) is 4.05. The van der Waals surface area contributed by atoms with E-state index >= 15 is 0 Å². The van der Waals surface area contributed by atoms with Crippen molar-refractivity contribution in [2.45, 2.75) is 49.8 Å². The van der Waals surface area contributed by atoms with Gasteiger partial charge in [0.25, 0.3) is 0 Å². The minimum Gasteiger partial charge on any atom is -0.373 e. The van der Waals surface area contributed by atoms with Crippen LogP contribution in [0.1, 0.15) is 26.2 Å². The molecular formula is C11H18ClNO3. The van der Waals surface area contributed by atoms with Crippen molar-refractivity contribution >= 4 is 17.5 Å². The van der Waals surface area contributed by atoms with Crippen LogP contribution in [0.3, 0.4) is 0 Å². The van der Waals surface area contributed by atoms with Crippen molar-refractivity contribution in [1.29, 1.82) is 0 Å². The van der Waals surface area contributed by atoms with Gasteiger partial charge in [-0.05, 0) is 26.2 Å².